The van der Waals surface area contributed by atoms with Crippen LogP contribution in [0, 0.1) is 0 Å². The number of aliphatic imine (C=N–C) groups is 1. The van der Waals surface area contributed by atoms with Crippen molar-refractivity contribution in [3.05, 3.63) is 93.9 Å². The molecule has 2 aliphatic rings. The molecule has 0 saturated heterocycles. The van der Waals surface area contributed by atoms with Crippen LogP contribution in [0.2, 0.25) is 0 Å². The smallest absolute Gasteiger partial charge is 0.143 e. The molecule has 0 bridgehead atoms. The topological polar surface area (TPSA) is 58.7 Å². The lowest BCUT2D eigenvalue weighted by atomic mass is 9.93. The fourth-order valence-electron chi connectivity index (χ4n) is 5.19. The van der Waals surface area contributed by atoms with E-state index in [1.54, 1.807) is 0 Å². The minimum absolute atomic E-state index is 0.113. The van der Waals surface area contributed by atoms with Crippen molar-refractivity contribution in [2.75, 3.05) is 20.6 Å². The Morgan fingerprint density at radius 3 is 2.49 bits per heavy atom. The van der Waals surface area contributed by atoms with Crippen molar-refractivity contribution in [2.24, 2.45) is 4.99 Å². The summed E-state index contributed by atoms with van der Waals surface area (Å²) in [5, 5.41) is 4.08. The molecule has 1 aromatic heterocycles. The van der Waals surface area contributed by atoms with Crippen molar-refractivity contribution >= 4 is 17.2 Å². The average molecular weight is 496 g/mol. The van der Waals surface area contributed by atoms with Crippen molar-refractivity contribution in [3.8, 4) is 0 Å². The molecule has 2 aromatic carbocycles. The Kier molecular flexibility index (Phi) is 7.00. The van der Waals surface area contributed by atoms with Crippen LogP contribution < -0.4 is 0 Å². The van der Waals surface area contributed by atoms with Gasteiger partial charge in [0.1, 0.15) is 11.5 Å². The van der Waals surface area contributed by atoms with Crippen LogP contribution in [-0.2, 0) is 35.9 Å². The summed E-state index contributed by atoms with van der Waals surface area (Å²) in [5.74, 6) is 1.23. The normalized spacial score (nSPS) is 16.5. The number of rotatable bonds is 9. The molecular weight excluding hydrogens is 458 g/mol. The van der Waals surface area contributed by atoms with Crippen LogP contribution in [0.25, 0.3) is 5.70 Å². The predicted molar refractivity (Wildman–Crippen MR) is 149 cm³/mol. The third kappa shape index (κ3) is 5.83. The van der Waals surface area contributed by atoms with Crippen molar-refractivity contribution in [1.29, 1.82) is 0 Å². The Bertz CT molecular complexity index is 1350. The first-order valence-corrected chi connectivity index (χ1v) is 13.3. The zero-order chi connectivity index (χ0) is 26.2. The quantitative estimate of drug-likeness (QED) is 0.368. The predicted octanol–water partition coefficient (Wildman–Crippen LogP) is 5.96. The van der Waals surface area contributed by atoms with Crippen molar-refractivity contribution in [1.82, 2.24) is 10.1 Å². The van der Waals surface area contributed by atoms with Gasteiger partial charge in [-0.25, -0.2) is 0 Å². The first kappa shape index (κ1) is 25.3. The highest BCUT2D eigenvalue weighted by atomic mass is 16.5. The number of ketones is 1. The van der Waals surface area contributed by atoms with Gasteiger partial charge in [0.2, 0.25) is 0 Å². The van der Waals surface area contributed by atoms with Gasteiger partial charge >= 0.3 is 0 Å². The Balaban J connectivity index is 1.20. The maximum Gasteiger partial charge on any atom is 0.143 e. The van der Waals surface area contributed by atoms with Gasteiger partial charge < -0.3 is 9.42 Å². The number of carbonyl (C=O) groups is 1. The minimum Gasteiger partial charge on any atom is -0.361 e. The van der Waals surface area contributed by atoms with Gasteiger partial charge in [-0.15, -0.1) is 0 Å². The highest BCUT2D eigenvalue weighted by Gasteiger charge is 2.31. The molecule has 5 rings (SSSR count). The van der Waals surface area contributed by atoms with E-state index in [1.165, 1.54) is 28.8 Å². The Labute approximate surface area is 220 Å². The molecule has 1 aliphatic carbocycles. The molecule has 0 saturated carbocycles. The fraction of sp³-hybridized carbons (Fsp3) is 0.406. The maximum absolute atomic E-state index is 12.6. The maximum atomic E-state index is 12.6. The lowest BCUT2D eigenvalue weighted by Gasteiger charge is -2.12. The molecule has 0 radical (unpaired) electrons. The molecule has 1 unspecified atom stereocenters. The van der Waals surface area contributed by atoms with Crippen molar-refractivity contribution in [3.63, 3.8) is 0 Å². The Morgan fingerprint density at radius 1 is 1.03 bits per heavy atom. The summed E-state index contributed by atoms with van der Waals surface area (Å²) in [6.45, 7) is 7.33. The molecule has 192 valence electrons. The summed E-state index contributed by atoms with van der Waals surface area (Å²) in [4.78, 5) is 19.9. The van der Waals surface area contributed by atoms with E-state index in [0.29, 0.717) is 24.5 Å². The molecule has 1 aliphatic heterocycles. The summed E-state index contributed by atoms with van der Waals surface area (Å²) in [6, 6.07) is 17.1. The average Bonchev–Trinajstić information content (AvgIpc) is 3.54. The first-order chi connectivity index (χ1) is 17.7. The van der Waals surface area contributed by atoms with Crippen LogP contribution >= 0.6 is 0 Å². The van der Waals surface area contributed by atoms with E-state index in [4.69, 9.17) is 9.52 Å². The summed E-state index contributed by atoms with van der Waals surface area (Å²) in [6.07, 6.45) is 6.21. The molecule has 2 heterocycles. The number of nitrogens with zero attached hydrogens (tertiary/aromatic N) is 3. The second-order valence-electron chi connectivity index (χ2n) is 11.8. The summed E-state index contributed by atoms with van der Waals surface area (Å²) in [5.41, 5.74) is 9.23. The van der Waals surface area contributed by atoms with Crippen LogP contribution in [0.4, 0.5) is 0 Å². The van der Waals surface area contributed by atoms with Gasteiger partial charge in [0, 0.05) is 36.0 Å². The molecule has 5 nitrogen and oxygen atoms in total. The molecule has 5 heteroatoms. The Hall–Kier alpha value is -3.31. The second-order valence-corrected chi connectivity index (χ2v) is 11.8. The third-order valence-corrected chi connectivity index (χ3v) is 7.26. The molecule has 1 atom stereocenters. The number of carbonyl (C=O) groups excluding carboxylic acids is 1. The van der Waals surface area contributed by atoms with E-state index < -0.39 is 0 Å². The fourth-order valence-corrected chi connectivity index (χ4v) is 5.19. The van der Waals surface area contributed by atoms with E-state index in [0.717, 1.165) is 42.0 Å². The van der Waals surface area contributed by atoms with Crippen molar-refractivity contribution in [2.45, 2.75) is 64.2 Å². The van der Waals surface area contributed by atoms with Gasteiger partial charge in [-0.1, -0.05) is 68.4 Å². The van der Waals surface area contributed by atoms with Gasteiger partial charge in [0.15, 0.2) is 0 Å². The second kappa shape index (κ2) is 10.2. The molecule has 0 spiro atoms. The molecule has 37 heavy (non-hydrogen) atoms. The molecule has 0 fully saturated rings. The monoisotopic (exact) mass is 495 g/mol. The number of benzene rings is 2. The van der Waals surface area contributed by atoms with Gasteiger partial charge in [0.25, 0.3) is 0 Å². The number of aryl methyl sites for hydroxylation is 1. The first-order valence-electron chi connectivity index (χ1n) is 13.3. The van der Waals surface area contributed by atoms with Crippen LogP contribution in [0.3, 0.4) is 0 Å². The number of hydrogen-bond acceptors (Lipinski definition) is 5. The number of aromatic nitrogens is 1. The van der Waals surface area contributed by atoms with Gasteiger partial charge in [-0.2, -0.15) is 0 Å². The minimum atomic E-state index is -0.113. The van der Waals surface area contributed by atoms with Crippen molar-refractivity contribution < 1.29 is 9.32 Å². The standard InChI is InChI=1S/C32H37N3O2/c1-32(2,3)31-19-25(34-37-31)18-26(36)16-22-8-11-23(12-9-22)29-20-28-27-13-10-21(7-6-14-35(4)5)15-24(27)17-30(28)33-29/h8-13,15,19-20,28H,6-7,14,16-18H2,1-5H3. The van der Waals surface area contributed by atoms with E-state index in [2.05, 4.69) is 81.3 Å². The molecular formula is C32H37N3O2. The lowest BCUT2D eigenvalue weighted by molar-refractivity contribution is -0.117. The lowest BCUT2D eigenvalue weighted by Crippen LogP contribution is -2.13. The number of hydrogen-bond donors (Lipinski definition) is 0. The summed E-state index contributed by atoms with van der Waals surface area (Å²) in [7, 11) is 4.25. The molecule has 0 N–H and O–H groups in total. The number of allylic oxidation sites excluding steroid dienone is 1. The van der Waals surface area contributed by atoms with Gasteiger partial charge in [-0.05, 0) is 67.4 Å². The van der Waals surface area contributed by atoms with Crippen LogP contribution in [0.5, 0.6) is 0 Å². The third-order valence-electron chi connectivity index (χ3n) is 7.26. The molecule has 0 amide bonds. The summed E-state index contributed by atoms with van der Waals surface area (Å²) >= 11 is 0. The van der Waals surface area contributed by atoms with E-state index in [-0.39, 0.29) is 11.2 Å². The van der Waals surface area contributed by atoms with Gasteiger partial charge in [0.05, 0.1) is 17.8 Å². The van der Waals surface area contributed by atoms with E-state index in [9.17, 15) is 4.79 Å². The van der Waals surface area contributed by atoms with Crippen LogP contribution in [-0.4, -0.2) is 42.2 Å². The zero-order valence-electron chi connectivity index (χ0n) is 22.7. The molecule has 3 aromatic rings. The highest BCUT2D eigenvalue weighted by molar-refractivity contribution is 6.05. The van der Waals surface area contributed by atoms with Gasteiger partial charge in [-0.3, -0.25) is 9.79 Å². The number of Topliss-reactive ketones (excluding diaryl/α,β-unsaturated/α-hetero) is 1. The Morgan fingerprint density at radius 2 is 1.78 bits per heavy atom. The summed E-state index contributed by atoms with van der Waals surface area (Å²) < 4.78 is 5.41. The largest absolute Gasteiger partial charge is 0.361 e. The number of fused-ring (bicyclic) bond motifs is 3. The van der Waals surface area contributed by atoms with Crippen LogP contribution in [0.1, 0.15) is 72.4 Å². The van der Waals surface area contributed by atoms with E-state index >= 15 is 0 Å². The zero-order valence-corrected chi connectivity index (χ0v) is 22.7. The van der Waals surface area contributed by atoms with E-state index in [1.807, 2.05) is 18.2 Å². The van der Waals surface area contributed by atoms with Crippen LogP contribution in [0.15, 0.2) is 64.1 Å². The highest BCUT2D eigenvalue weighted by Crippen LogP contribution is 2.40. The SMILES string of the molecule is CN(C)CCCc1ccc2c(c1)CC1=NC(c3ccc(CC(=O)Cc4cc(C(C)(C)C)on4)cc3)=CC12.